The Bertz CT molecular complexity index is 291. The Kier molecular flexibility index (Phi) is 4.13. The number of amides is 1. The maximum absolute atomic E-state index is 11.9. The fraction of sp³-hybridized carbons (Fsp3) is 0.818. The molecule has 1 atom stereocenters. The molecular formula is C11H19N3O2. The second-order valence-corrected chi connectivity index (χ2v) is 4.89. The molecule has 0 unspecified atom stereocenters. The Morgan fingerprint density at radius 1 is 1.62 bits per heavy atom. The molecule has 1 aliphatic rings. The lowest BCUT2D eigenvalue weighted by atomic mass is 10.1. The van der Waals surface area contributed by atoms with E-state index in [0.717, 1.165) is 6.54 Å². The predicted octanol–water partition coefficient (Wildman–Crippen LogP) is 1.11. The summed E-state index contributed by atoms with van der Waals surface area (Å²) in [7, 11) is 0. The molecule has 1 saturated heterocycles. The second kappa shape index (κ2) is 5.17. The Balaban J connectivity index is 2.61. The van der Waals surface area contributed by atoms with Gasteiger partial charge in [-0.25, -0.2) is 4.79 Å². The van der Waals surface area contributed by atoms with E-state index in [1.165, 1.54) is 0 Å². The third-order valence-electron chi connectivity index (χ3n) is 2.31. The lowest BCUT2D eigenvalue weighted by Gasteiger charge is -2.36. The van der Waals surface area contributed by atoms with Crippen LogP contribution < -0.4 is 5.32 Å². The molecule has 90 valence electrons. The minimum Gasteiger partial charge on any atom is -0.444 e. The van der Waals surface area contributed by atoms with E-state index in [-0.39, 0.29) is 12.1 Å². The summed E-state index contributed by atoms with van der Waals surface area (Å²) in [4.78, 5) is 13.5. The topological polar surface area (TPSA) is 65.4 Å². The van der Waals surface area contributed by atoms with Crippen LogP contribution in [-0.2, 0) is 4.74 Å². The van der Waals surface area contributed by atoms with Gasteiger partial charge in [-0.2, -0.15) is 5.26 Å². The summed E-state index contributed by atoms with van der Waals surface area (Å²) in [5.74, 6) is 0. The van der Waals surface area contributed by atoms with Crippen molar-refractivity contribution in [2.24, 2.45) is 0 Å². The van der Waals surface area contributed by atoms with Crippen molar-refractivity contribution in [3.05, 3.63) is 0 Å². The molecule has 1 N–H and O–H groups in total. The van der Waals surface area contributed by atoms with Crippen LogP contribution in [0.1, 0.15) is 27.2 Å². The number of ether oxygens (including phenoxy) is 1. The minimum absolute atomic E-state index is 0.0754. The molecule has 0 aliphatic carbocycles. The van der Waals surface area contributed by atoms with Gasteiger partial charge in [0, 0.05) is 19.6 Å². The molecule has 0 bridgehead atoms. The zero-order chi connectivity index (χ0) is 12.2. The lowest BCUT2D eigenvalue weighted by Crippen LogP contribution is -2.54. The highest BCUT2D eigenvalue weighted by Crippen LogP contribution is 2.14. The molecular weight excluding hydrogens is 206 g/mol. The van der Waals surface area contributed by atoms with Crippen molar-refractivity contribution in [2.75, 3.05) is 19.6 Å². The van der Waals surface area contributed by atoms with Gasteiger partial charge >= 0.3 is 6.09 Å². The van der Waals surface area contributed by atoms with Crippen molar-refractivity contribution in [1.82, 2.24) is 10.2 Å². The summed E-state index contributed by atoms with van der Waals surface area (Å²) in [6, 6.07) is 2.02. The molecule has 16 heavy (non-hydrogen) atoms. The van der Waals surface area contributed by atoms with Crippen molar-refractivity contribution >= 4 is 6.09 Å². The largest absolute Gasteiger partial charge is 0.444 e. The molecule has 0 saturated carbocycles. The van der Waals surface area contributed by atoms with Gasteiger partial charge in [-0.05, 0) is 20.8 Å². The third-order valence-corrected chi connectivity index (χ3v) is 2.31. The van der Waals surface area contributed by atoms with Gasteiger partial charge in [-0.1, -0.05) is 0 Å². The number of nitriles is 1. The van der Waals surface area contributed by atoms with Gasteiger partial charge in [0.25, 0.3) is 0 Å². The predicted molar refractivity (Wildman–Crippen MR) is 59.8 cm³/mol. The summed E-state index contributed by atoms with van der Waals surface area (Å²) in [5.41, 5.74) is -0.487. The summed E-state index contributed by atoms with van der Waals surface area (Å²) in [5, 5.41) is 11.9. The number of piperazine rings is 1. The zero-order valence-corrected chi connectivity index (χ0v) is 10.1. The number of nitrogens with zero attached hydrogens (tertiary/aromatic N) is 2. The monoisotopic (exact) mass is 225 g/mol. The molecule has 5 heteroatoms. The van der Waals surface area contributed by atoms with Crippen molar-refractivity contribution in [3.63, 3.8) is 0 Å². The molecule has 1 rings (SSSR count). The van der Waals surface area contributed by atoms with Gasteiger partial charge in [0.1, 0.15) is 5.60 Å². The first-order valence-electron chi connectivity index (χ1n) is 5.51. The Morgan fingerprint density at radius 2 is 2.31 bits per heavy atom. The number of carbonyl (C=O) groups excluding carboxylic acids is 1. The van der Waals surface area contributed by atoms with Gasteiger partial charge in [-0.3, -0.25) is 0 Å². The SMILES string of the molecule is CC(C)(C)OC(=O)N1CCNC[C@H]1CC#N. The van der Waals surface area contributed by atoms with Crippen LogP contribution in [-0.4, -0.2) is 42.3 Å². The van der Waals surface area contributed by atoms with Gasteiger partial charge in [-0.15, -0.1) is 0 Å². The second-order valence-electron chi connectivity index (χ2n) is 4.89. The minimum atomic E-state index is -0.487. The van der Waals surface area contributed by atoms with Crippen molar-refractivity contribution in [2.45, 2.75) is 38.8 Å². The molecule has 1 heterocycles. The van der Waals surface area contributed by atoms with Gasteiger partial charge in [0.2, 0.25) is 0 Å². The van der Waals surface area contributed by atoms with Gasteiger partial charge in [0.05, 0.1) is 18.5 Å². The zero-order valence-electron chi connectivity index (χ0n) is 10.1. The van der Waals surface area contributed by atoms with Crippen LogP contribution >= 0.6 is 0 Å². The van der Waals surface area contributed by atoms with E-state index in [1.807, 2.05) is 20.8 Å². The fourth-order valence-electron chi connectivity index (χ4n) is 1.61. The Labute approximate surface area is 96.4 Å². The highest BCUT2D eigenvalue weighted by Gasteiger charge is 2.29. The first kappa shape index (κ1) is 12.8. The number of hydrogen-bond donors (Lipinski definition) is 1. The summed E-state index contributed by atoms with van der Waals surface area (Å²) in [6.07, 6.45) is 0.0148. The summed E-state index contributed by atoms with van der Waals surface area (Å²) >= 11 is 0. The van der Waals surface area contributed by atoms with Crippen LogP contribution in [0.25, 0.3) is 0 Å². The molecule has 1 fully saturated rings. The fourth-order valence-corrected chi connectivity index (χ4v) is 1.61. The highest BCUT2D eigenvalue weighted by molar-refractivity contribution is 5.68. The number of rotatable bonds is 1. The molecule has 0 aromatic carbocycles. The van der Waals surface area contributed by atoms with Crippen LogP contribution in [0.2, 0.25) is 0 Å². The van der Waals surface area contributed by atoms with E-state index >= 15 is 0 Å². The van der Waals surface area contributed by atoms with E-state index in [2.05, 4.69) is 11.4 Å². The number of carbonyl (C=O) groups is 1. The van der Waals surface area contributed by atoms with E-state index in [9.17, 15) is 4.79 Å². The normalized spacial score (nSPS) is 21.4. The lowest BCUT2D eigenvalue weighted by molar-refractivity contribution is 0.0126. The molecule has 1 amide bonds. The van der Waals surface area contributed by atoms with Gasteiger partial charge in [0.15, 0.2) is 0 Å². The highest BCUT2D eigenvalue weighted by atomic mass is 16.6. The van der Waals surface area contributed by atoms with E-state index < -0.39 is 5.60 Å². The van der Waals surface area contributed by atoms with E-state index in [4.69, 9.17) is 10.00 Å². The summed E-state index contributed by atoms with van der Waals surface area (Å²) < 4.78 is 5.30. The molecule has 1 aliphatic heterocycles. The first-order valence-corrected chi connectivity index (χ1v) is 5.51. The van der Waals surface area contributed by atoms with Crippen LogP contribution in [0.3, 0.4) is 0 Å². The smallest absolute Gasteiger partial charge is 0.410 e. The Hall–Kier alpha value is -1.28. The Morgan fingerprint density at radius 3 is 2.88 bits per heavy atom. The maximum atomic E-state index is 11.9. The average Bonchev–Trinajstić information content (AvgIpc) is 2.16. The average molecular weight is 225 g/mol. The van der Waals surface area contributed by atoms with Crippen LogP contribution in [0.4, 0.5) is 4.79 Å². The third kappa shape index (κ3) is 3.70. The standard InChI is InChI=1S/C11H19N3O2/c1-11(2,3)16-10(15)14-7-6-13-8-9(14)4-5-12/h9,13H,4,6-8H2,1-3H3/t9-/m1/s1. The van der Waals surface area contributed by atoms with Crippen LogP contribution in [0.15, 0.2) is 0 Å². The maximum Gasteiger partial charge on any atom is 0.410 e. The quantitative estimate of drug-likeness (QED) is 0.726. The molecule has 0 spiro atoms. The number of nitrogens with one attached hydrogen (secondary N) is 1. The van der Waals surface area contributed by atoms with Crippen molar-refractivity contribution < 1.29 is 9.53 Å². The van der Waals surface area contributed by atoms with Crippen molar-refractivity contribution in [1.29, 1.82) is 5.26 Å². The first-order chi connectivity index (χ1) is 7.44. The van der Waals surface area contributed by atoms with E-state index in [0.29, 0.717) is 19.5 Å². The molecule has 0 aromatic heterocycles. The molecule has 5 nitrogen and oxygen atoms in total. The van der Waals surface area contributed by atoms with Gasteiger partial charge < -0.3 is 15.0 Å². The van der Waals surface area contributed by atoms with Crippen molar-refractivity contribution in [3.8, 4) is 6.07 Å². The number of hydrogen-bond acceptors (Lipinski definition) is 4. The summed E-state index contributed by atoms with van der Waals surface area (Å²) in [6.45, 7) is 7.53. The van der Waals surface area contributed by atoms with Crippen LogP contribution in [0.5, 0.6) is 0 Å². The molecule has 0 radical (unpaired) electrons. The molecule has 0 aromatic rings. The van der Waals surface area contributed by atoms with Crippen LogP contribution in [0, 0.1) is 11.3 Å². The van der Waals surface area contributed by atoms with E-state index in [1.54, 1.807) is 4.90 Å².